The Morgan fingerprint density at radius 2 is 1.25 bits per heavy atom. The molecule has 3 nitrogen and oxygen atoms in total. The first-order valence-corrected chi connectivity index (χ1v) is 8.59. The lowest BCUT2D eigenvalue weighted by Crippen LogP contribution is -2.30. The highest BCUT2D eigenvalue weighted by molar-refractivity contribution is 5.19. The van der Waals surface area contributed by atoms with Gasteiger partial charge >= 0.3 is 0 Å². The van der Waals surface area contributed by atoms with Crippen LogP contribution in [0.5, 0.6) is 0 Å². The van der Waals surface area contributed by atoms with Crippen LogP contribution in [0, 0.1) is 0 Å². The van der Waals surface area contributed by atoms with E-state index in [1.54, 1.807) is 0 Å². The van der Waals surface area contributed by atoms with Crippen molar-refractivity contribution in [1.29, 1.82) is 0 Å². The molecule has 0 unspecified atom stereocenters. The predicted octanol–water partition coefficient (Wildman–Crippen LogP) is 4.03. The Morgan fingerprint density at radius 3 is 1.71 bits per heavy atom. The molecular formula is C21H23N3. The fourth-order valence-corrected chi connectivity index (χ4v) is 3.60. The maximum Gasteiger partial charge on any atom is 0.104 e. The SMILES string of the molecule is c1ccc(CN2CCN(Cc3ccccc3)C2c2ccc[nH]2)cc1. The Labute approximate surface area is 143 Å². The summed E-state index contributed by atoms with van der Waals surface area (Å²) in [5.41, 5.74) is 4.02. The van der Waals surface area contributed by atoms with Crippen LogP contribution in [0.15, 0.2) is 79.0 Å². The molecule has 1 fully saturated rings. The van der Waals surface area contributed by atoms with Crippen molar-refractivity contribution in [2.45, 2.75) is 19.3 Å². The summed E-state index contributed by atoms with van der Waals surface area (Å²) >= 11 is 0. The smallest absolute Gasteiger partial charge is 0.104 e. The summed E-state index contributed by atoms with van der Waals surface area (Å²) in [7, 11) is 0. The van der Waals surface area contributed by atoms with Crippen molar-refractivity contribution in [3.05, 3.63) is 95.8 Å². The molecule has 3 aromatic rings. The van der Waals surface area contributed by atoms with Crippen molar-refractivity contribution >= 4 is 0 Å². The molecule has 0 aliphatic carbocycles. The van der Waals surface area contributed by atoms with Gasteiger partial charge in [-0.05, 0) is 23.3 Å². The van der Waals surface area contributed by atoms with Crippen LogP contribution >= 0.6 is 0 Å². The van der Waals surface area contributed by atoms with Gasteiger partial charge in [-0.2, -0.15) is 0 Å². The van der Waals surface area contributed by atoms with Crippen LogP contribution in [0.3, 0.4) is 0 Å². The normalized spacial score (nSPS) is 16.7. The van der Waals surface area contributed by atoms with E-state index in [0.29, 0.717) is 6.17 Å². The molecule has 0 spiro atoms. The molecule has 1 N–H and O–H groups in total. The third kappa shape index (κ3) is 3.28. The second-order valence-corrected chi connectivity index (χ2v) is 6.41. The molecule has 1 saturated heterocycles. The van der Waals surface area contributed by atoms with Gasteiger partial charge in [0.1, 0.15) is 6.17 Å². The molecule has 1 aliphatic heterocycles. The fourth-order valence-electron chi connectivity index (χ4n) is 3.60. The van der Waals surface area contributed by atoms with E-state index in [1.165, 1.54) is 16.8 Å². The van der Waals surface area contributed by atoms with Crippen molar-refractivity contribution < 1.29 is 0 Å². The number of nitrogens with one attached hydrogen (secondary N) is 1. The number of aromatic nitrogens is 1. The number of hydrogen-bond acceptors (Lipinski definition) is 2. The van der Waals surface area contributed by atoms with Crippen LogP contribution in [0.1, 0.15) is 23.0 Å². The zero-order valence-electron chi connectivity index (χ0n) is 13.8. The molecule has 2 heterocycles. The Hall–Kier alpha value is -2.36. The van der Waals surface area contributed by atoms with Crippen LogP contribution in [-0.2, 0) is 13.1 Å². The van der Waals surface area contributed by atoms with Crippen molar-refractivity contribution in [3.8, 4) is 0 Å². The first-order valence-electron chi connectivity index (χ1n) is 8.59. The standard InChI is InChI=1S/C21H23N3/c1-3-8-18(9-4-1)16-23-14-15-24(17-19-10-5-2-6-11-19)21(23)20-12-7-13-22-20/h1-13,21-22H,14-17H2. The van der Waals surface area contributed by atoms with E-state index in [-0.39, 0.29) is 0 Å². The highest BCUT2D eigenvalue weighted by Gasteiger charge is 2.33. The molecule has 4 rings (SSSR count). The van der Waals surface area contributed by atoms with Gasteiger partial charge in [-0.15, -0.1) is 0 Å². The summed E-state index contributed by atoms with van der Waals surface area (Å²) in [6.07, 6.45) is 2.33. The van der Waals surface area contributed by atoms with Gasteiger partial charge in [-0.3, -0.25) is 9.80 Å². The molecule has 0 radical (unpaired) electrons. The van der Waals surface area contributed by atoms with E-state index in [2.05, 4.69) is 87.6 Å². The molecule has 0 amide bonds. The second kappa shape index (κ2) is 7.04. The Morgan fingerprint density at radius 1 is 0.708 bits per heavy atom. The van der Waals surface area contributed by atoms with Crippen LogP contribution in [0.2, 0.25) is 0 Å². The lowest BCUT2D eigenvalue weighted by Gasteiger charge is -2.30. The zero-order chi connectivity index (χ0) is 16.2. The summed E-state index contributed by atoms with van der Waals surface area (Å²) in [5, 5.41) is 0. The first kappa shape index (κ1) is 15.2. The van der Waals surface area contributed by atoms with Gasteiger partial charge in [0.15, 0.2) is 0 Å². The number of aromatic amines is 1. The van der Waals surface area contributed by atoms with Crippen LogP contribution in [0.25, 0.3) is 0 Å². The maximum absolute atomic E-state index is 3.43. The summed E-state index contributed by atoms with van der Waals surface area (Å²) in [6.45, 7) is 4.14. The topological polar surface area (TPSA) is 22.3 Å². The molecule has 0 bridgehead atoms. The third-order valence-corrected chi connectivity index (χ3v) is 4.72. The summed E-state index contributed by atoms with van der Waals surface area (Å²) < 4.78 is 0. The monoisotopic (exact) mass is 317 g/mol. The highest BCUT2D eigenvalue weighted by Crippen LogP contribution is 2.31. The molecule has 3 heteroatoms. The Kier molecular flexibility index (Phi) is 4.45. The second-order valence-electron chi connectivity index (χ2n) is 6.41. The van der Waals surface area contributed by atoms with Gasteiger partial charge in [-0.1, -0.05) is 60.7 Å². The quantitative estimate of drug-likeness (QED) is 0.767. The van der Waals surface area contributed by atoms with Crippen molar-refractivity contribution in [2.24, 2.45) is 0 Å². The largest absolute Gasteiger partial charge is 0.363 e. The minimum Gasteiger partial charge on any atom is -0.363 e. The third-order valence-electron chi connectivity index (χ3n) is 4.72. The Balaban J connectivity index is 1.56. The molecule has 0 atom stereocenters. The summed E-state index contributed by atoms with van der Waals surface area (Å²) in [6, 6.07) is 25.8. The van der Waals surface area contributed by atoms with Crippen molar-refractivity contribution in [3.63, 3.8) is 0 Å². The maximum atomic E-state index is 3.43. The summed E-state index contributed by atoms with van der Waals surface area (Å²) in [4.78, 5) is 8.55. The average Bonchev–Trinajstić information content (AvgIpc) is 3.27. The fraction of sp³-hybridized carbons (Fsp3) is 0.238. The lowest BCUT2D eigenvalue weighted by molar-refractivity contribution is 0.122. The number of rotatable bonds is 5. The molecule has 1 aliphatic rings. The van der Waals surface area contributed by atoms with E-state index in [0.717, 1.165) is 26.2 Å². The number of nitrogens with zero attached hydrogens (tertiary/aromatic N) is 2. The number of benzene rings is 2. The lowest BCUT2D eigenvalue weighted by atomic mass is 10.2. The van der Waals surface area contributed by atoms with E-state index in [4.69, 9.17) is 0 Å². The van der Waals surface area contributed by atoms with Crippen LogP contribution in [-0.4, -0.2) is 27.9 Å². The molecule has 2 aromatic carbocycles. The highest BCUT2D eigenvalue weighted by atomic mass is 15.4. The zero-order valence-corrected chi connectivity index (χ0v) is 13.8. The van der Waals surface area contributed by atoms with E-state index < -0.39 is 0 Å². The van der Waals surface area contributed by atoms with Crippen molar-refractivity contribution in [2.75, 3.05) is 13.1 Å². The Bertz CT molecular complexity index is 688. The summed E-state index contributed by atoms with van der Waals surface area (Å²) in [5.74, 6) is 0. The predicted molar refractivity (Wildman–Crippen MR) is 97.2 cm³/mol. The van der Waals surface area contributed by atoms with E-state index in [9.17, 15) is 0 Å². The van der Waals surface area contributed by atoms with Crippen LogP contribution < -0.4 is 0 Å². The van der Waals surface area contributed by atoms with Gasteiger partial charge in [0, 0.05) is 38.1 Å². The number of hydrogen-bond donors (Lipinski definition) is 1. The van der Waals surface area contributed by atoms with Gasteiger partial charge in [0.2, 0.25) is 0 Å². The van der Waals surface area contributed by atoms with Gasteiger partial charge in [-0.25, -0.2) is 0 Å². The molecule has 122 valence electrons. The first-order chi connectivity index (χ1) is 11.9. The number of H-pyrrole nitrogens is 1. The minimum absolute atomic E-state index is 0.306. The molecule has 1 aromatic heterocycles. The van der Waals surface area contributed by atoms with Crippen LogP contribution in [0.4, 0.5) is 0 Å². The van der Waals surface area contributed by atoms with Gasteiger partial charge in [0.05, 0.1) is 0 Å². The van der Waals surface area contributed by atoms with E-state index >= 15 is 0 Å². The van der Waals surface area contributed by atoms with Crippen molar-refractivity contribution in [1.82, 2.24) is 14.8 Å². The van der Waals surface area contributed by atoms with Gasteiger partial charge < -0.3 is 4.98 Å². The molecule has 24 heavy (non-hydrogen) atoms. The molecule has 0 saturated carbocycles. The molecular weight excluding hydrogens is 294 g/mol. The average molecular weight is 317 g/mol. The van der Waals surface area contributed by atoms with Gasteiger partial charge in [0.25, 0.3) is 0 Å². The van der Waals surface area contributed by atoms with E-state index in [1.807, 2.05) is 6.20 Å². The minimum atomic E-state index is 0.306.